The Labute approximate surface area is 130 Å². The molecule has 0 saturated carbocycles. The van der Waals surface area contributed by atoms with Crippen molar-refractivity contribution in [1.29, 1.82) is 0 Å². The zero-order valence-electron chi connectivity index (χ0n) is 7.74. The van der Waals surface area contributed by atoms with E-state index >= 15 is 0 Å². The molecule has 0 fully saturated rings. The molecule has 0 aliphatic heterocycles. The van der Waals surface area contributed by atoms with E-state index in [1.807, 2.05) is 0 Å². The van der Waals surface area contributed by atoms with Crippen molar-refractivity contribution in [2.75, 3.05) is 5.73 Å². The maximum absolute atomic E-state index is 10.7. The van der Waals surface area contributed by atoms with Gasteiger partial charge in [-0.15, -0.1) is 0 Å². The third kappa shape index (κ3) is 3.18. The molecule has 0 saturated heterocycles. The van der Waals surface area contributed by atoms with Gasteiger partial charge in [0.05, 0.1) is 15.6 Å². The van der Waals surface area contributed by atoms with Gasteiger partial charge in [-0.2, -0.15) is 0 Å². The molecule has 0 bridgehead atoms. The molecule has 1 rings (SSSR count). The third-order valence-electron chi connectivity index (χ3n) is 1.64. The Morgan fingerprint density at radius 2 is 1.93 bits per heavy atom. The van der Waals surface area contributed by atoms with Gasteiger partial charge in [0, 0.05) is 0 Å². The molecule has 0 aliphatic carbocycles. The molecular weight excluding hydrogens is 253 g/mol. The van der Waals surface area contributed by atoms with Gasteiger partial charge in [0.2, 0.25) is 0 Å². The van der Waals surface area contributed by atoms with Gasteiger partial charge in [-0.1, -0.05) is 11.6 Å². The normalized spacial score (nSPS) is 10.8. The Morgan fingerprint density at radius 3 is 2.36 bits per heavy atom. The number of rotatable bonds is 1. The quantitative estimate of drug-likeness (QED) is 0.364. The summed E-state index contributed by atoms with van der Waals surface area (Å²) in [4.78, 5) is -0.327. The van der Waals surface area contributed by atoms with Gasteiger partial charge in [0.15, 0.2) is 0 Å². The van der Waals surface area contributed by atoms with Crippen molar-refractivity contribution >= 4 is 27.4 Å². The van der Waals surface area contributed by atoms with Gasteiger partial charge >= 0.3 is 51.4 Å². The minimum atomic E-state index is -4.46. The second-order valence-corrected chi connectivity index (χ2v) is 4.27. The molecule has 14 heavy (non-hydrogen) atoms. The van der Waals surface area contributed by atoms with Crippen LogP contribution in [0.5, 0.6) is 0 Å². The summed E-state index contributed by atoms with van der Waals surface area (Å²) < 4.78 is 32.0. The molecule has 0 radical (unpaired) electrons. The first kappa shape index (κ1) is 14.9. The van der Waals surface area contributed by atoms with E-state index in [9.17, 15) is 13.0 Å². The van der Waals surface area contributed by atoms with Gasteiger partial charge in [-0.25, -0.2) is 8.42 Å². The van der Waals surface area contributed by atoms with Crippen molar-refractivity contribution < 1.29 is 64.4 Å². The number of benzene rings is 1. The molecule has 0 unspecified atom stereocenters. The molecular formula is C7H7ClKNO3S. The van der Waals surface area contributed by atoms with Crippen molar-refractivity contribution in [2.45, 2.75) is 11.8 Å². The fourth-order valence-electron chi connectivity index (χ4n) is 0.959. The Kier molecular flexibility index (Phi) is 5.59. The maximum Gasteiger partial charge on any atom is 1.00 e. The second kappa shape index (κ2) is 5.27. The number of hydrogen-bond donors (Lipinski definition) is 1. The third-order valence-corrected chi connectivity index (χ3v) is 3.12. The Morgan fingerprint density at radius 1 is 1.43 bits per heavy atom. The van der Waals surface area contributed by atoms with Crippen molar-refractivity contribution in [3.05, 3.63) is 22.7 Å². The average molecular weight is 260 g/mol. The zero-order chi connectivity index (χ0) is 10.2. The van der Waals surface area contributed by atoms with E-state index in [2.05, 4.69) is 0 Å². The predicted molar refractivity (Wildman–Crippen MR) is 48.6 cm³/mol. The van der Waals surface area contributed by atoms with E-state index in [4.69, 9.17) is 17.3 Å². The number of hydrogen-bond acceptors (Lipinski definition) is 4. The molecule has 0 atom stereocenters. The van der Waals surface area contributed by atoms with E-state index in [1.54, 1.807) is 0 Å². The van der Waals surface area contributed by atoms with Gasteiger partial charge in [-0.05, 0) is 24.6 Å². The Hall–Kier alpha value is 0.856. The van der Waals surface area contributed by atoms with E-state index in [-0.39, 0.29) is 72.6 Å². The van der Waals surface area contributed by atoms with Crippen molar-refractivity contribution in [3.8, 4) is 0 Å². The van der Waals surface area contributed by atoms with E-state index in [0.29, 0.717) is 0 Å². The molecule has 0 amide bonds. The first-order valence-corrected chi connectivity index (χ1v) is 5.13. The number of anilines is 1. The topological polar surface area (TPSA) is 83.2 Å². The molecule has 0 aromatic heterocycles. The summed E-state index contributed by atoms with van der Waals surface area (Å²) in [5.74, 6) is 0. The number of nitrogens with two attached hydrogens (primary N) is 1. The predicted octanol–water partition coefficient (Wildman–Crippen LogP) is -1.86. The molecule has 1 aromatic carbocycles. The van der Waals surface area contributed by atoms with Crippen LogP contribution in [-0.2, 0) is 10.1 Å². The largest absolute Gasteiger partial charge is 1.00 e. The number of halogens is 1. The Balaban J connectivity index is 0.00000169. The summed E-state index contributed by atoms with van der Waals surface area (Å²) in [6.45, 7) is 1.43. The Bertz CT molecular complexity index is 446. The molecule has 1 aromatic rings. The molecule has 0 aliphatic rings. The first-order valence-electron chi connectivity index (χ1n) is 3.34. The van der Waals surface area contributed by atoms with Crippen LogP contribution in [0, 0.1) is 6.92 Å². The van der Waals surface area contributed by atoms with Crippen molar-refractivity contribution in [3.63, 3.8) is 0 Å². The second-order valence-electron chi connectivity index (χ2n) is 2.55. The summed E-state index contributed by atoms with van der Waals surface area (Å²) >= 11 is 5.66. The summed E-state index contributed by atoms with van der Waals surface area (Å²) in [5.41, 5.74) is 5.85. The minimum absolute atomic E-state index is 0. The fraction of sp³-hybridized carbons (Fsp3) is 0.143. The number of nitrogen functional groups attached to an aromatic ring is 1. The van der Waals surface area contributed by atoms with Crippen molar-refractivity contribution in [2.24, 2.45) is 0 Å². The van der Waals surface area contributed by atoms with Crippen LogP contribution in [-0.4, -0.2) is 13.0 Å². The molecule has 0 heterocycles. The zero-order valence-corrected chi connectivity index (χ0v) is 12.4. The molecule has 72 valence electrons. The monoisotopic (exact) mass is 259 g/mol. The average Bonchev–Trinajstić information content (AvgIpc) is 1.98. The van der Waals surface area contributed by atoms with E-state index in [0.717, 1.165) is 6.07 Å². The fourth-order valence-corrected chi connectivity index (χ4v) is 1.89. The van der Waals surface area contributed by atoms with Gasteiger partial charge in [0.25, 0.3) is 0 Å². The maximum atomic E-state index is 10.7. The van der Waals surface area contributed by atoms with Gasteiger partial charge in [-0.3, -0.25) is 0 Å². The summed E-state index contributed by atoms with van der Waals surface area (Å²) in [6, 6.07) is 2.44. The first-order chi connectivity index (χ1) is 5.84. The SMILES string of the molecule is Cc1c(S(=O)(=O)[O-])ccc(N)c1Cl.[K+]. The minimum Gasteiger partial charge on any atom is -0.744 e. The van der Waals surface area contributed by atoms with Crippen molar-refractivity contribution in [1.82, 2.24) is 0 Å². The van der Waals surface area contributed by atoms with Crippen LogP contribution < -0.4 is 57.1 Å². The van der Waals surface area contributed by atoms with Crippen LogP contribution in [0.3, 0.4) is 0 Å². The van der Waals surface area contributed by atoms with E-state index < -0.39 is 10.1 Å². The van der Waals surface area contributed by atoms with Crippen LogP contribution in [0.1, 0.15) is 5.56 Å². The summed E-state index contributed by atoms with van der Waals surface area (Å²) in [7, 11) is -4.46. The van der Waals surface area contributed by atoms with Crippen LogP contribution >= 0.6 is 11.6 Å². The molecule has 0 spiro atoms. The molecule has 4 nitrogen and oxygen atoms in total. The van der Waals surface area contributed by atoms with E-state index in [1.165, 1.54) is 13.0 Å². The van der Waals surface area contributed by atoms with Crippen LogP contribution in [0.25, 0.3) is 0 Å². The van der Waals surface area contributed by atoms with Crippen LogP contribution in [0.2, 0.25) is 5.02 Å². The molecule has 7 heteroatoms. The van der Waals surface area contributed by atoms with Crippen LogP contribution in [0.15, 0.2) is 17.0 Å². The summed E-state index contributed by atoms with van der Waals surface area (Å²) in [6.07, 6.45) is 0. The molecule has 2 N–H and O–H groups in total. The summed E-state index contributed by atoms with van der Waals surface area (Å²) in [5, 5.41) is 0.108. The smallest absolute Gasteiger partial charge is 0.744 e. The van der Waals surface area contributed by atoms with Gasteiger partial charge < -0.3 is 10.3 Å². The van der Waals surface area contributed by atoms with Gasteiger partial charge in [0.1, 0.15) is 10.1 Å². The standard InChI is InChI=1S/C7H8ClNO3S.K/c1-4-6(13(10,11)12)3-2-5(9)7(4)8;/h2-3H,9H2,1H3,(H,10,11,12);/q;+1/p-1. The van der Waals surface area contributed by atoms with Crippen LogP contribution in [0.4, 0.5) is 5.69 Å².